The van der Waals surface area contributed by atoms with Crippen LogP contribution in [0.25, 0.3) is 11.6 Å². The summed E-state index contributed by atoms with van der Waals surface area (Å²) in [5, 5.41) is 3.95. The van der Waals surface area contributed by atoms with E-state index in [0.29, 0.717) is 43.7 Å². The predicted octanol–water partition coefficient (Wildman–Crippen LogP) is 2.23. The second-order valence-electron chi connectivity index (χ2n) is 7.90. The molecule has 2 aliphatic heterocycles. The van der Waals surface area contributed by atoms with E-state index in [1.54, 1.807) is 6.92 Å². The highest BCUT2D eigenvalue weighted by molar-refractivity contribution is 5.46. The van der Waals surface area contributed by atoms with Gasteiger partial charge in [-0.25, -0.2) is 13.8 Å². The fourth-order valence-electron chi connectivity index (χ4n) is 4.35. The zero-order valence-electron chi connectivity index (χ0n) is 16.7. The van der Waals surface area contributed by atoms with Gasteiger partial charge < -0.3 is 19.6 Å². The van der Waals surface area contributed by atoms with Crippen molar-refractivity contribution in [1.29, 1.82) is 0 Å². The molecule has 1 saturated heterocycles. The maximum atomic E-state index is 14.1. The summed E-state index contributed by atoms with van der Waals surface area (Å²) in [5.74, 6) is 0.636. The molecule has 0 aliphatic carbocycles. The molecule has 158 valence electrons. The molecule has 2 aromatic heterocycles. The Morgan fingerprint density at radius 1 is 1.20 bits per heavy atom. The van der Waals surface area contributed by atoms with Crippen LogP contribution >= 0.6 is 0 Å². The topological polar surface area (TPSA) is 95.2 Å². The number of benzene rings is 1. The Bertz CT molecular complexity index is 1100. The molecule has 4 heterocycles. The van der Waals surface area contributed by atoms with Crippen LogP contribution in [-0.4, -0.2) is 43.3 Å². The summed E-state index contributed by atoms with van der Waals surface area (Å²) in [7, 11) is 1.93. The van der Waals surface area contributed by atoms with Crippen LogP contribution in [0.2, 0.25) is 0 Å². The number of nitrogens with zero attached hydrogens (tertiary/aromatic N) is 5. The van der Waals surface area contributed by atoms with Gasteiger partial charge >= 0.3 is 0 Å². The number of aryl methyl sites for hydroxylation is 1. The zero-order valence-corrected chi connectivity index (χ0v) is 16.7. The molecule has 5 rings (SSSR count). The van der Waals surface area contributed by atoms with Gasteiger partial charge in [0.15, 0.2) is 5.82 Å². The number of aromatic nitrogens is 4. The lowest BCUT2D eigenvalue weighted by Gasteiger charge is -2.38. The molecule has 1 aromatic carbocycles. The van der Waals surface area contributed by atoms with Crippen LogP contribution in [0.1, 0.15) is 35.4 Å². The Balaban J connectivity index is 1.29. The van der Waals surface area contributed by atoms with Crippen LogP contribution in [0.15, 0.2) is 22.7 Å². The summed E-state index contributed by atoms with van der Waals surface area (Å²) in [6.45, 7) is 3.47. The lowest BCUT2D eigenvalue weighted by atomic mass is 9.93. The van der Waals surface area contributed by atoms with E-state index in [1.807, 2.05) is 11.6 Å². The van der Waals surface area contributed by atoms with E-state index in [2.05, 4.69) is 15.0 Å². The quantitative estimate of drug-likeness (QED) is 0.700. The summed E-state index contributed by atoms with van der Waals surface area (Å²) in [4.78, 5) is 11.2. The Morgan fingerprint density at radius 3 is 2.73 bits per heavy atom. The van der Waals surface area contributed by atoms with Gasteiger partial charge in [-0.15, -0.1) is 0 Å². The fourth-order valence-corrected chi connectivity index (χ4v) is 4.35. The first-order valence-corrected chi connectivity index (χ1v) is 9.82. The van der Waals surface area contributed by atoms with Crippen LogP contribution in [0.4, 0.5) is 8.78 Å². The standard InChI is InChI=1S/C20H22F2N6O2/c1-10-24-19(26-30-10)20-25-16-7-28(8-17(16)27(20)2)12-6-15(23)18(29-9-12)13-5-11(21)3-4-14(13)22/h3-5,12,15,18H,6-9,23H2,1-2H3/t12-,15+,18-/m1/s1. The molecule has 3 atom stereocenters. The Morgan fingerprint density at radius 2 is 2.03 bits per heavy atom. The average molecular weight is 416 g/mol. The van der Waals surface area contributed by atoms with E-state index in [4.69, 9.17) is 20.0 Å². The number of fused-ring (bicyclic) bond motifs is 1. The number of hydrogen-bond donors (Lipinski definition) is 1. The van der Waals surface area contributed by atoms with Gasteiger partial charge in [0, 0.05) is 44.7 Å². The summed E-state index contributed by atoms with van der Waals surface area (Å²) < 4.78 is 40.7. The third kappa shape index (κ3) is 3.21. The molecule has 2 N–H and O–H groups in total. The summed E-state index contributed by atoms with van der Waals surface area (Å²) in [6, 6.07) is 3.00. The molecule has 2 aliphatic rings. The van der Waals surface area contributed by atoms with Crippen LogP contribution in [0.5, 0.6) is 0 Å². The molecule has 10 heteroatoms. The monoisotopic (exact) mass is 416 g/mol. The van der Waals surface area contributed by atoms with E-state index >= 15 is 0 Å². The van der Waals surface area contributed by atoms with Gasteiger partial charge in [-0.1, -0.05) is 5.16 Å². The Hall–Kier alpha value is -2.69. The van der Waals surface area contributed by atoms with Crippen molar-refractivity contribution < 1.29 is 18.0 Å². The van der Waals surface area contributed by atoms with Crippen molar-refractivity contribution in [1.82, 2.24) is 24.6 Å². The van der Waals surface area contributed by atoms with Crippen LogP contribution in [0, 0.1) is 18.6 Å². The van der Waals surface area contributed by atoms with Crippen LogP contribution in [-0.2, 0) is 24.9 Å². The minimum atomic E-state index is -0.659. The predicted molar refractivity (Wildman–Crippen MR) is 102 cm³/mol. The van der Waals surface area contributed by atoms with Gasteiger partial charge in [0.2, 0.25) is 11.7 Å². The van der Waals surface area contributed by atoms with Crippen molar-refractivity contribution >= 4 is 0 Å². The second-order valence-corrected chi connectivity index (χ2v) is 7.90. The van der Waals surface area contributed by atoms with Crippen LogP contribution in [0.3, 0.4) is 0 Å². The molecule has 0 bridgehead atoms. The second kappa shape index (κ2) is 7.22. The number of nitrogens with two attached hydrogens (primary N) is 1. The summed E-state index contributed by atoms with van der Waals surface area (Å²) >= 11 is 0. The SMILES string of the molecule is Cc1nc(-c2nc3c(n2C)CN([C@H]2CO[C@H](c4cc(F)ccc4F)[C@@H](N)C2)C3)no1. The number of rotatable bonds is 3. The molecule has 8 nitrogen and oxygen atoms in total. The Kier molecular flexibility index (Phi) is 4.64. The lowest BCUT2D eigenvalue weighted by molar-refractivity contribution is -0.0534. The number of hydrogen-bond acceptors (Lipinski definition) is 7. The van der Waals surface area contributed by atoms with Gasteiger partial charge in [-0.3, -0.25) is 4.90 Å². The third-order valence-corrected chi connectivity index (χ3v) is 5.91. The maximum Gasteiger partial charge on any atom is 0.238 e. The van der Waals surface area contributed by atoms with E-state index in [-0.39, 0.29) is 11.6 Å². The van der Waals surface area contributed by atoms with Gasteiger partial charge in [-0.2, -0.15) is 4.98 Å². The molecule has 0 radical (unpaired) electrons. The lowest BCUT2D eigenvalue weighted by Crippen LogP contribution is -2.47. The normalized spacial score (nSPS) is 24.4. The van der Waals surface area contributed by atoms with Gasteiger partial charge in [-0.05, 0) is 24.6 Å². The molecule has 1 fully saturated rings. The highest BCUT2D eigenvalue weighted by atomic mass is 19.1. The van der Waals surface area contributed by atoms with Gasteiger partial charge in [0.05, 0.1) is 18.0 Å². The number of imidazole rings is 1. The van der Waals surface area contributed by atoms with E-state index in [9.17, 15) is 8.78 Å². The molecule has 0 spiro atoms. The maximum absolute atomic E-state index is 14.1. The van der Waals surface area contributed by atoms with Crippen molar-refractivity contribution in [2.45, 2.75) is 44.6 Å². The summed E-state index contributed by atoms with van der Waals surface area (Å²) in [5.41, 5.74) is 8.53. The van der Waals surface area contributed by atoms with Crippen molar-refractivity contribution in [2.75, 3.05) is 6.61 Å². The molecular formula is C20H22F2N6O2. The molecule has 0 amide bonds. The van der Waals surface area contributed by atoms with E-state index in [0.717, 1.165) is 29.6 Å². The molecule has 30 heavy (non-hydrogen) atoms. The van der Waals surface area contributed by atoms with Crippen molar-refractivity contribution in [2.24, 2.45) is 12.8 Å². The molecule has 0 saturated carbocycles. The van der Waals surface area contributed by atoms with Crippen molar-refractivity contribution in [3.63, 3.8) is 0 Å². The average Bonchev–Trinajstić information content (AvgIpc) is 3.40. The van der Waals surface area contributed by atoms with E-state index < -0.39 is 23.8 Å². The first-order valence-electron chi connectivity index (χ1n) is 9.82. The minimum absolute atomic E-state index is 0.0675. The number of halogens is 2. The number of ether oxygens (including phenoxy) is 1. The van der Waals surface area contributed by atoms with Gasteiger partial charge in [0.1, 0.15) is 17.7 Å². The first-order chi connectivity index (χ1) is 14.4. The minimum Gasteiger partial charge on any atom is -0.370 e. The molecule has 3 aromatic rings. The largest absolute Gasteiger partial charge is 0.370 e. The van der Waals surface area contributed by atoms with Crippen molar-refractivity contribution in [3.05, 3.63) is 52.7 Å². The zero-order chi connectivity index (χ0) is 21.0. The fraction of sp³-hybridized carbons (Fsp3) is 0.450. The molecule has 0 unspecified atom stereocenters. The first kappa shape index (κ1) is 19.3. The van der Waals surface area contributed by atoms with Gasteiger partial charge in [0.25, 0.3) is 0 Å². The summed E-state index contributed by atoms with van der Waals surface area (Å²) in [6.07, 6.45) is -0.0426. The third-order valence-electron chi connectivity index (χ3n) is 5.91. The van der Waals surface area contributed by atoms with Crippen LogP contribution < -0.4 is 5.73 Å². The van der Waals surface area contributed by atoms with E-state index in [1.165, 1.54) is 0 Å². The highest BCUT2D eigenvalue weighted by Gasteiger charge is 2.38. The van der Waals surface area contributed by atoms with Crippen molar-refractivity contribution in [3.8, 4) is 11.6 Å². The highest BCUT2D eigenvalue weighted by Crippen LogP contribution is 2.35. The molecular weight excluding hydrogens is 394 g/mol. The smallest absolute Gasteiger partial charge is 0.238 e. The Labute approximate surface area is 171 Å².